The summed E-state index contributed by atoms with van der Waals surface area (Å²) in [6.07, 6.45) is 3.50. The predicted octanol–water partition coefficient (Wildman–Crippen LogP) is 4.65. The van der Waals surface area contributed by atoms with Gasteiger partial charge in [0.05, 0.1) is 5.60 Å². The van der Waals surface area contributed by atoms with Crippen molar-refractivity contribution in [3.8, 4) is 0 Å². The molecule has 0 aromatic carbocycles. The molecule has 3 aliphatic carbocycles. The van der Waals surface area contributed by atoms with E-state index in [2.05, 4.69) is 47.7 Å². The van der Waals surface area contributed by atoms with E-state index in [4.69, 9.17) is 4.43 Å². The van der Waals surface area contributed by atoms with Crippen molar-refractivity contribution in [2.45, 2.75) is 77.6 Å². The maximum atomic E-state index is 12.6. The van der Waals surface area contributed by atoms with Gasteiger partial charge in [-0.05, 0) is 62.1 Å². The van der Waals surface area contributed by atoms with Gasteiger partial charge in [0.15, 0.2) is 8.32 Å². The van der Waals surface area contributed by atoms with Crippen LogP contribution in [0.4, 0.5) is 0 Å². The number of hydrogen-bond acceptors (Lipinski definition) is 2. The van der Waals surface area contributed by atoms with Gasteiger partial charge in [0.25, 0.3) is 0 Å². The van der Waals surface area contributed by atoms with Crippen LogP contribution in [0, 0.1) is 29.6 Å². The average Bonchev–Trinajstić information content (AvgIpc) is 2.92. The van der Waals surface area contributed by atoms with Crippen molar-refractivity contribution in [3.63, 3.8) is 0 Å². The molecule has 3 rings (SSSR count). The Kier molecular flexibility index (Phi) is 3.33. The average molecular weight is 309 g/mol. The van der Waals surface area contributed by atoms with E-state index < -0.39 is 8.32 Å². The summed E-state index contributed by atoms with van der Waals surface area (Å²) >= 11 is 0. The van der Waals surface area contributed by atoms with Crippen molar-refractivity contribution in [2.24, 2.45) is 29.6 Å². The van der Waals surface area contributed by atoms with Crippen molar-refractivity contribution in [2.75, 3.05) is 0 Å². The van der Waals surface area contributed by atoms with Crippen LogP contribution in [0.15, 0.2) is 0 Å². The van der Waals surface area contributed by atoms with Crippen LogP contribution in [0.5, 0.6) is 0 Å². The summed E-state index contributed by atoms with van der Waals surface area (Å²) in [6, 6.07) is 0. The molecule has 3 saturated carbocycles. The summed E-state index contributed by atoms with van der Waals surface area (Å²) in [5.74, 6) is 3.04. The lowest BCUT2D eigenvalue weighted by atomic mass is 9.86. The molecule has 0 spiro atoms. The lowest BCUT2D eigenvalue weighted by molar-refractivity contribution is -0.124. The Morgan fingerprint density at radius 1 is 1.24 bits per heavy atom. The topological polar surface area (TPSA) is 26.3 Å². The van der Waals surface area contributed by atoms with Crippen molar-refractivity contribution in [3.05, 3.63) is 0 Å². The van der Waals surface area contributed by atoms with Gasteiger partial charge in [0.2, 0.25) is 0 Å². The van der Waals surface area contributed by atoms with Crippen molar-refractivity contribution < 1.29 is 9.22 Å². The first kappa shape index (κ1) is 15.7. The molecule has 0 saturated heterocycles. The summed E-state index contributed by atoms with van der Waals surface area (Å²) in [5, 5.41) is 0.239. The highest BCUT2D eigenvalue weighted by Gasteiger charge is 2.65. The van der Waals surface area contributed by atoms with Gasteiger partial charge in [-0.15, -0.1) is 0 Å². The van der Waals surface area contributed by atoms with Gasteiger partial charge in [-0.1, -0.05) is 27.7 Å². The molecule has 0 bridgehead atoms. The first-order chi connectivity index (χ1) is 9.48. The minimum atomic E-state index is -1.78. The lowest BCUT2D eigenvalue weighted by Gasteiger charge is -2.45. The number of rotatable bonds is 2. The highest BCUT2D eigenvalue weighted by atomic mass is 28.4. The fraction of sp³-hybridized carbons (Fsp3) is 0.944. The fourth-order valence-electron chi connectivity index (χ4n) is 5.35. The van der Waals surface area contributed by atoms with Gasteiger partial charge >= 0.3 is 0 Å². The Balaban J connectivity index is 1.87. The number of hydrogen-bond donors (Lipinski definition) is 0. The molecule has 3 heteroatoms. The van der Waals surface area contributed by atoms with Crippen LogP contribution >= 0.6 is 0 Å². The quantitative estimate of drug-likeness (QED) is 0.694. The molecule has 0 unspecified atom stereocenters. The molecule has 6 atom stereocenters. The van der Waals surface area contributed by atoms with Gasteiger partial charge in [-0.2, -0.15) is 0 Å². The molecule has 0 amide bonds. The zero-order valence-corrected chi connectivity index (χ0v) is 15.8. The maximum absolute atomic E-state index is 12.6. The van der Waals surface area contributed by atoms with E-state index in [0.717, 1.165) is 6.42 Å². The van der Waals surface area contributed by atoms with Crippen LogP contribution < -0.4 is 0 Å². The second-order valence-electron chi connectivity index (χ2n) is 9.60. The summed E-state index contributed by atoms with van der Waals surface area (Å²) in [6.45, 7) is 16.1. The van der Waals surface area contributed by atoms with Gasteiger partial charge in [0.1, 0.15) is 5.78 Å². The zero-order chi connectivity index (χ0) is 15.8. The molecular weight excluding hydrogens is 276 g/mol. The smallest absolute Gasteiger partial charge is 0.192 e. The summed E-state index contributed by atoms with van der Waals surface area (Å²) in [7, 11) is -1.78. The van der Waals surface area contributed by atoms with E-state index in [1.165, 1.54) is 12.8 Å². The van der Waals surface area contributed by atoms with E-state index in [9.17, 15) is 4.79 Å². The molecule has 0 aromatic rings. The van der Waals surface area contributed by atoms with Crippen LogP contribution in [-0.2, 0) is 9.22 Å². The number of Topliss-reactive ketones (excluding diaryl/α,β-unsaturated/α-hetero) is 1. The number of carbonyl (C=O) groups excluding carboxylic acids is 1. The molecule has 0 N–H and O–H groups in total. The van der Waals surface area contributed by atoms with E-state index in [1.807, 2.05) is 0 Å². The van der Waals surface area contributed by atoms with Crippen molar-refractivity contribution in [1.82, 2.24) is 0 Å². The third-order valence-corrected chi connectivity index (χ3v) is 12.0. The predicted molar refractivity (Wildman–Crippen MR) is 88.7 cm³/mol. The van der Waals surface area contributed by atoms with E-state index in [1.54, 1.807) is 0 Å². The number of ketones is 1. The van der Waals surface area contributed by atoms with E-state index in [0.29, 0.717) is 35.4 Å². The minimum Gasteiger partial charge on any atom is -0.411 e. The Labute approximate surface area is 131 Å². The first-order valence-electron chi connectivity index (χ1n) is 8.72. The first-order valence-corrected chi connectivity index (χ1v) is 11.6. The van der Waals surface area contributed by atoms with Gasteiger partial charge < -0.3 is 4.43 Å². The van der Waals surface area contributed by atoms with Gasteiger partial charge in [0, 0.05) is 11.8 Å². The third-order valence-electron chi connectivity index (χ3n) is 7.40. The maximum Gasteiger partial charge on any atom is 0.192 e. The standard InChI is InChI=1S/C18H32O2Si/c1-11-12-8-9-14-15(12)13(16(11)19)10-18(14,5)20-21(6,7)17(2,3)4/h11-15H,8-10H2,1-7H3/t11-,12-,13-,14-,15-,18-/m1/s1. The highest BCUT2D eigenvalue weighted by Crippen LogP contribution is 2.64. The molecule has 3 fully saturated rings. The zero-order valence-electron chi connectivity index (χ0n) is 14.8. The fourth-order valence-corrected chi connectivity index (χ4v) is 7.05. The van der Waals surface area contributed by atoms with Crippen LogP contribution in [0.1, 0.15) is 53.9 Å². The molecule has 0 heterocycles. The Morgan fingerprint density at radius 2 is 1.86 bits per heavy atom. The molecule has 0 radical (unpaired) electrons. The molecule has 0 aromatic heterocycles. The molecule has 21 heavy (non-hydrogen) atoms. The Bertz CT molecular complexity index is 464. The second kappa shape index (κ2) is 4.44. The second-order valence-corrected chi connectivity index (χ2v) is 14.3. The van der Waals surface area contributed by atoms with Crippen molar-refractivity contribution in [1.29, 1.82) is 0 Å². The van der Waals surface area contributed by atoms with E-state index >= 15 is 0 Å². The van der Waals surface area contributed by atoms with Crippen LogP contribution in [0.25, 0.3) is 0 Å². The van der Waals surface area contributed by atoms with Crippen LogP contribution in [0.2, 0.25) is 18.1 Å². The van der Waals surface area contributed by atoms with Crippen LogP contribution in [0.3, 0.4) is 0 Å². The van der Waals surface area contributed by atoms with Gasteiger partial charge in [-0.3, -0.25) is 4.79 Å². The molecule has 3 aliphatic rings. The van der Waals surface area contributed by atoms with Crippen molar-refractivity contribution >= 4 is 14.1 Å². The monoisotopic (exact) mass is 308 g/mol. The lowest BCUT2D eigenvalue weighted by Crippen LogP contribution is -2.50. The third kappa shape index (κ3) is 2.10. The van der Waals surface area contributed by atoms with E-state index in [-0.39, 0.29) is 10.6 Å². The SMILES string of the molecule is C[C@H]1C(=O)[C@@H]2C[C@@](C)(O[Si](C)(C)C(C)(C)C)[C@@H]3CC[C@H]1[C@@H]32. The highest BCUT2D eigenvalue weighted by molar-refractivity contribution is 6.74. The largest absolute Gasteiger partial charge is 0.411 e. The molecular formula is C18H32O2Si. The van der Waals surface area contributed by atoms with Crippen LogP contribution in [-0.4, -0.2) is 19.7 Å². The summed E-state index contributed by atoms with van der Waals surface area (Å²) < 4.78 is 6.89. The number of carbonyl (C=O) groups is 1. The molecule has 2 nitrogen and oxygen atoms in total. The molecule has 0 aliphatic heterocycles. The Morgan fingerprint density at radius 3 is 2.43 bits per heavy atom. The van der Waals surface area contributed by atoms with Gasteiger partial charge in [-0.25, -0.2) is 0 Å². The summed E-state index contributed by atoms with van der Waals surface area (Å²) in [5.41, 5.74) is -0.0527. The summed E-state index contributed by atoms with van der Waals surface area (Å²) in [4.78, 5) is 12.6. The normalized spacial score (nSPS) is 46.2. The Hall–Kier alpha value is -0.153. The molecule has 120 valence electrons. The minimum absolute atomic E-state index is 0.0527.